The van der Waals surface area contributed by atoms with Crippen molar-refractivity contribution >= 4 is 23.4 Å². The molecule has 1 N–H and O–H groups in total. The van der Waals surface area contributed by atoms with E-state index in [1.165, 1.54) is 24.3 Å². The van der Waals surface area contributed by atoms with Gasteiger partial charge in [0.05, 0.1) is 5.69 Å². The van der Waals surface area contributed by atoms with Gasteiger partial charge in [0.2, 0.25) is 5.66 Å². The van der Waals surface area contributed by atoms with Crippen LogP contribution in [0.15, 0.2) is 82.8 Å². The molecule has 2 aliphatic rings. The molecule has 0 saturated carbocycles. The Balaban J connectivity index is 1.88. The molecule has 8 heteroatoms. The first-order chi connectivity index (χ1) is 15.7. The number of carbonyl (C=O) groups excluding carboxylic acids is 1. The van der Waals surface area contributed by atoms with Crippen LogP contribution in [0, 0.1) is 13.8 Å². The topological polar surface area (TPSA) is 57.1 Å². The Labute approximate surface area is 188 Å². The SMILES string of the molecule is Cc1cccc(C)c1N=C1c2ccccc2C2=NC(=O)NC(c3ccccc3)(C(F)(F)F)N21. The summed E-state index contributed by atoms with van der Waals surface area (Å²) in [5.41, 5.74) is 0.0934. The lowest BCUT2D eigenvalue weighted by Crippen LogP contribution is -2.69. The summed E-state index contributed by atoms with van der Waals surface area (Å²) in [5.74, 6) is -0.0107. The Bertz CT molecular complexity index is 1310. The lowest BCUT2D eigenvalue weighted by atomic mass is 9.95. The van der Waals surface area contributed by atoms with Crippen LogP contribution < -0.4 is 5.32 Å². The third-order valence-electron chi connectivity index (χ3n) is 5.92. The number of urea groups is 1. The van der Waals surface area contributed by atoms with Crippen molar-refractivity contribution in [2.75, 3.05) is 0 Å². The summed E-state index contributed by atoms with van der Waals surface area (Å²) < 4.78 is 45.1. The van der Waals surface area contributed by atoms with Gasteiger partial charge in [-0.3, -0.25) is 4.90 Å². The zero-order valence-electron chi connectivity index (χ0n) is 17.8. The lowest BCUT2D eigenvalue weighted by molar-refractivity contribution is -0.223. The molecule has 0 aromatic heterocycles. The number of amides is 2. The minimum atomic E-state index is -4.89. The van der Waals surface area contributed by atoms with E-state index in [4.69, 9.17) is 4.99 Å². The van der Waals surface area contributed by atoms with Gasteiger partial charge in [-0.1, -0.05) is 72.8 Å². The molecule has 1 unspecified atom stereocenters. The summed E-state index contributed by atoms with van der Waals surface area (Å²) in [6.45, 7) is 3.71. The van der Waals surface area contributed by atoms with Crippen LogP contribution in [0.5, 0.6) is 0 Å². The number of para-hydroxylation sites is 1. The van der Waals surface area contributed by atoms with E-state index < -0.39 is 17.9 Å². The van der Waals surface area contributed by atoms with E-state index in [0.717, 1.165) is 16.0 Å². The predicted octanol–water partition coefficient (Wildman–Crippen LogP) is 5.58. The fraction of sp³-hybridized carbons (Fsp3) is 0.160. The number of fused-ring (bicyclic) bond motifs is 3. The minimum Gasteiger partial charge on any atom is -0.301 e. The molecule has 3 aromatic rings. The van der Waals surface area contributed by atoms with Crippen molar-refractivity contribution in [1.82, 2.24) is 10.2 Å². The summed E-state index contributed by atoms with van der Waals surface area (Å²) in [6.07, 6.45) is -4.89. The van der Waals surface area contributed by atoms with Gasteiger partial charge in [-0.2, -0.15) is 18.2 Å². The molecular weight excluding hydrogens is 429 g/mol. The number of carbonyl (C=O) groups is 1. The van der Waals surface area contributed by atoms with Crippen molar-refractivity contribution in [3.8, 4) is 0 Å². The zero-order valence-corrected chi connectivity index (χ0v) is 17.8. The van der Waals surface area contributed by atoms with Gasteiger partial charge in [0.15, 0.2) is 5.84 Å². The average Bonchev–Trinajstić information content (AvgIpc) is 3.09. The highest BCUT2D eigenvalue weighted by molar-refractivity contribution is 6.28. The first-order valence-electron chi connectivity index (χ1n) is 10.3. The van der Waals surface area contributed by atoms with Crippen LogP contribution in [-0.2, 0) is 5.66 Å². The van der Waals surface area contributed by atoms with E-state index in [-0.39, 0.29) is 17.2 Å². The highest BCUT2D eigenvalue weighted by Gasteiger charge is 2.66. The smallest absolute Gasteiger partial charge is 0.301 e. The zero-order chi connectivity index (χ0) is 23.4. The number of alkyl halides is 3. The molecule has 0 bridgehead atoms. The van der Waals surface area contributed by atoms with E-state index in [1.54, 1.807) is 30.3 Å². The number of nitrogens with zero attached hydrogens (tertiary/aromatic N) is 3. The minimum absolute atomic E-state index is 0.0722. The maximum atomic E-state index is 15.0. The second-order valence-electron chi connectivity index (χ2n) is 8.00. The fourth-order valence-corrected chi connectivity index (χ4v) is 4.42. The molecule has 0 spiro atoms. The molecule has 1 atom stereocenters. The molecule has 5 rings (SSSR count). The lowest BCUT2D eigenvalue weighted by Gasteiger charge is -2.46. The summed E-state index contributed by atoms with van der Waals surface area (Å²) in [4.78, 5) is 22.3. The Hall–Kier alpha value is -3.94. The third-order valence-corrected chi connectivity index (χ3v) is 5.92. The van der Waals surface area contributed by atoms with Gasteiger partial charge in [0.25, 0.3) is 0 Å². The van der Waals surface area contributed by atoms with Crippen LogP contribution in [0.4, 0.5) is 23.7 Å². The van der Waals surface area contributed by atoms with Crippen LogP contribution in [0.25, 0.3) is 0 Å². The predicted molar refractivity (Wildman–Crippen MR) is 120 cm³/mol. The van der Waals surface area contributed by atoms with Crippen LogP contribution in [-0.4, -0.2) is 28.8 Å². The molecule has 0 radical (unpaired) electrons. The van der Waals surface area contributed by atoms with Crippen LogP contribution in [0.1, 0.15) is 27.8 Å². The molecule has 2 heterocycles. The molecule has 0 saturated heterocycles. The third kappa shape index (κ3) is 3.05. The molecule has 5 nitrogen and oxygen atoms in total. The van der Waals surface area contributed by atoms with Crippen molar-refractivity contribution in [3.05, 3.63) is 101 Å². The number of hydrogen-bond donors (Lipinski definition) is 1. The summed E-state index contributed by atoms with van der Waals surface area (Å²) in [6, 6.07) is 18.6. The first-order valence-corrected chi connectivity index (χ1v) is 10.3. The number of hydrogen-bond acceptors (Lipinski definition) is 2. The molecule has 2 aliphatic heterocycles. The second kappa shape index (κ2) is 7.30. The Morgan fingerprint density at radius 1 is 0.879 bits per heavy atom. The Morgan fingerprint density at radius 2 is 1.48 bits per heavy atom. The number of nitrogens with one attached hydrogen (secondary N) is 1. The van der Waals surface area contributed by atoms with Crippen LogP contribution in [0.3, 0.4) is 0 Å². The van der Waals surface area contributed by atoms with Crippen LogP contribution in [0.2, 0.25) is 0 Å². The number of aryl methyl sites for hydroxylation is 2. The normalized spacial score (nSPS) is 20.9. The first kappa shape index (κ1) is 20.9. The molecule has 0 fully saturated rings. The average molecular weight is 448 g/mol. The van der Waals surface area contributed by atoms with Crippen molar-refractivity contribution in [1.29, 1.82) is 0 Å². The van der Waals surface area contributed by atoms with Crippen LogP contribution >= 0.6 is 0 Å². The van der Waals surface area contributed by atoms with Gasteiger partial charge >= 0.3 is 12.2 Å². The number of halogens is 3. The summed E-state index contributed by atoms with van der Waals surface area (Å²) >= 11 is 0. The fourth-order valence-electron chi connectivity index (χ4n) is 4.42. The molecule has 2 amide bonds. The van der Waals surface area contributed by atoms with E-state index in [9.17, 15) is 4.79 Å². The number of aliphatic imine (C=N–C) groups is 2. The second-order valence-corrected chi connectivity index (χ2v) is 8.00. The van der Waals surface area contributed by atoms with Gasteiger partial charge in [-0.05, 0) is 25.0 Å². The van der Waals surface area contributed by atoms with Crippen molar-refractivity contribution < 1.29 is 18.0 Å². The maximum Gasteiger partial charge on any atom is 0.435 e. The highest BCUT2D eigenvalue weighted by Crippen LogP contribution is 2.47. The Kier molecular flexibility index (Phi) is 4.63. The van der Waals surface area contributed by atoms with Gasteiger partial charge in [-0.25, -0.2) is 9.79 Å². The molecule has 0 aliphatic carbocycles. The number of benzene rings is 3. The van der Waals surface area contributed by atoms with Gasteiger partial charge < -0.3 is 5.32 Å². The van der Waals surface area contributed by atoms with Crippen molar-refractivity contribution in [2.24, 2.45) is 9.98 Å². The Morgan fingerprint density at radius 3 is 2.12 bits per heavy atom. The quantitative estimate of drug-likeness (QED) is 0.556. The standard InChI is InChI=1S/C25H19F3N4O/c1-15-9-8-10-16(2)20(15)29-21-18-13-6-7-14-19(18)22-30-23(33)31-24(32(21)22,25(26,27)28)17-11-4-3-5-12-17/h3-14H,1-2H3,(H,31,33). The molecule has 166 valence electrons. The van der Waals surface area contributed by atoms with E-state index in [0.29, 0.717) is 16.8 Å². The van der Waals surface area contributed by atoms with Gasteiger partial charge in [0, 0.05) is 16.7 Å². The monoisotopic (exact) mass is 448 g/mol. The molecular formula is C25H19F3N4O. The summed E-state index contributed by atoms with van der Waals surface area (Å²) in [5, 5.41) is 2.13. The van der Waals surface area contributed by atoms with Crippen molar-refractivity contribution in [2.45, 2.75) is 25.7 Å². The highest BCUT2D eigenvalue weighted by atomic mass is 19.4. The van der Waals surface area contributed by atoms with Gasteiger partial charge in [0.1, 0.15) is 5.84 Å². The molecule has 33 heavy (non-hydrogen) atoms. The summed E-state index contributed by atoms with van der Waals surface area (Å²) in [7, 11) is 0. The number of amidine groups is 2. The van der Waals surface area contributed by atoms with Gasteiger partial charge in [-0.15, -0.1) is 0 Å². The maximum absolute atomic E-state index is 15.0. The van der Waals surface area contributed by atoms with E-state index >= 15 is 13.2 Å². The molecule has 3 aromatic carbocycles. The largest absolute Gasteiger partial charge is 0.435 e. The number of rotatable bonds is 2. The van der Waals surface area contributed by atoms with E-state index in [1.807, 2.05) is 32.0 Å². The van der Waals surface area contributed by atoms with Crippen molar-refractivity contribution in [3.63, 3.8) is 0 Å². The van der Waals surface area contributed by atoms with E-state index in [2.05, 4.69) is 10.3 Å².